The molecule has 0 aliphatic carbocycles. The summed E-state index contributed by atoms with van der Waals surface area (Å²) in [5, 5.41) is 0. The summed E-state index contributed by atoms with van der Waals surface area (Å²) in [6, 6.07) is 13.7. The Hall–Kier alpha value is -2.34. The van der Waals surface area contributed by atoms with Crippen LogP contribution in [0.15, 0.2) is 53.4 Å². The lowest BCUT2D eigenvalue weighted by Gasteiger charge is -2.22. The molecular formula is C20H23FN2O2S. The molecule has 0 radical (unpaired) electrons. The topological polar surface area (TPSA) is 63.4 Å². The molecule has 0 heterocycles. The highest BCUT2D eigenvalue weighted by Gasteiger charge is 2.17. The summed E-state index contributed by atoms with van der Waals surface area (Å²) in [6.07, 6.45) is 0.0524. The number of thioether (sulfide) groups is 1. The van der Waals surface area contributed by atoms with E-state index in [2.05, 4.69) is 26.0 Å². The van der Waals surface area contributed by atoms with Crippen molar-refractivity contribution in [1.82, 2.24) is 0 Å². The van der Waals surface area contributed by atoms with Gasteiger partial charge in [-0.25, -0.2) is 4.39 Å². The van der Waals surface area contributed by atoms with Crippen molar-refractivity contribution in [1.29, 1.82) is 0 Å². The number of hydrogen-bond donors (Lipinski definition) is 1. The molecule has 0 bridgehead atoms. The molecule has 138 valence electrons. The number of carbonyl (C=O) groups is 2. The third kappa shape index (κ3) is 5.88. The van der Waals surface area contributed by atoms with E-state index in [1.165, 1.54) is 46.5 Å². The molecule has 0 unspecified atom stereocenters. The van der Waals surface area contributed by atoms with E-state index >= 15 is 0 Å². The predicted molar refractivity (Wildman–Crippen MR) is 104 cm³/mol. The zero-order chi connectivity index (χ0) is 19.1. The lowest BCUT2D eigenvalue weighted by Crippen LogP contribution is -2.35. The molecule has 2 amide bonds. The molecular weight excluding hydrogens is 351 g/mol. The molecule has 0 fully saturated rings. The van der Waals surface area contributed by atoms with Gasteiger partial charge in [-0.2, -0.15) is 0 Å². The number of rotatable bonds is 8. The Kier molecular flexibility index (Phi) is 7.21. The summed E-state index contributed by atoms with van der Waals surface area (Å²) >= 11 is 1.43. The van der Waals surface area contributed by atoms with Gasteiger partial charge in [0.25, 0.3) is 0 Å². The maximum absolute atomic E-state index is 13.1. The number of anilines is 1. The first-order valence-electron chi connectivity index (χ1n) is 8.44. The van der Waals surface area contributed by atoms with Crippen LogP contribution in [0.4, 0.5) is 10.1 Å². The Labute approximate surface area is 157 Å². The minimum atomic E-state index is -0.484. The quantitative estimate of drug-likeness (QED) is 0.712. The molecule has 2 aromatic rings. The van der Waals surface area contributed by atoms with Crippen LogP contribution in [-0.2, 0) is 9.59 Å². The maximum atomic E-state index is 13.1. The van der Waals surface area contributed by atoms with E-state index in [-0.39, 0.29) is 30.4 Å². The summed E-state index contributed by atoms with van der Waals surface area (Å²) in [7, 11) is 0. The van der Waals surface area contributed by atoms with Gasteiger partial charge >= 0.3 is 0 Å². The van der Waals surface area contributed by atoms with Crippen molar-refractivity contribution in [2.24, 2.45) is 5.73 Å². The van der Waals surface area contributed by atoms with Crippen molar-refractivity contribution in [2.75, 3.05) is 17.2 Å². The molecule has 2 rings (SSSR count). The van der Waals surface area contributed by atoms with Crippen molar-refractivity contribution in [3.05, 3.63) is 59.9 Å². The lowest BCUT2D eigenvalue weighted by molar-refractivity contribution is -0.118. The number of primary amides is 1. The molecule has 4 nitrogen and oxygen atoms in total. The van der Waals surface area contributed by atoms with Gasteiger partial charge in [-0.05, 0) is 47.9 Å². The Morgan fingerprint density at radius 3 is 2.23 bits per heavy atom. The molecule has 0 aliphatic rings. The third-order valence-electron chi connectivity index (χ3n) is 3.93. The Morgan fingerprint density at radius 1 is 1.08 bits per heavy atom. The predicted octanol–water partition coefficient (Wildman–Crippen LogP) is 3.95. The Morgan fingerprint density at radius 2 is 1.69 bits per heavy atom. The maximum Gasteiger partial charge on any atom is 0.237 e. The van der Waals surface area contributed by atoms with E-state index in [0.717, 1.165) is 4.90 Å². The van der Waals surface area contributed by atoms with Crippen LogP contribution in [-0.4, -0.2) is 24.1 Å². The second kappa shape index (κ2) is 9.38. The highest BCUT2D eigenvalue weighted by atomic mass is 32.2. The molecule has 6 heteroatoms. The van der Waals surface area contributed by atoms with Crippen LogP contribution < -0.4 is 10.6 Å². The van der Waals surface area contributed by atoms with Crippen LogP contribution >= 0.6 is 11.8 Å². The van der Waals surface area contributed by atoms with Crippen LogP contribution in [0, 0.1) is 5.82 Å². The van der Waals surface area contributed by atoms with Crippen molar-refractivity contribution in [3.8, 4) is 0 Å². The molecule has 0 spiro atoms. The number of benzene rings is 2. The van der Waals surface area contributed by atoms with Crippen LogP contribution in [0.5, 0.6) is 0 Å². The summed E-state index contributed by atoms with van der Waals surface area (Å²) in [5.41, 5.74) is 7.00. The van der Waals surface area contributed by atoms with Crippen LogP contribution in [0.3, 0.4) is 0 Å². The minimum Gasteiger partial charge on any atom is -0.370 e. The standard InChI is InChI=1S/C20H23FN2O2S/c1-14(2)15-3-9-18(10-4-15)26-13-20(25)23(12-11-19(22)24)17-7-5-16(21)6-8-17/h3-10,14H,11-13H2,1-2H3,(H2,22,24). The number of halogens is 1. The summed E-state index contributed by atoms with van der Waals surface area (Å²) in [4.78, 5) is 26.2. The van der Waals surface area contributed by atoms with E-state index in [9.17, 15) is 14.0 Å². The van der Waals surface area contributed by atoms with Crippen LogP contribution in [0.2, 0.25) is 0 Å². The van der Waals surface area contributed by atoms with Gasteiger partial charge in [-0.15, -0.1) is 11.8 Å². The van der Waals surface area contributed by atoms with Crippen molar-refractivity contribution in [3.63, 3.8) is 0 Å². The number of hydrogen-bond acceptors (Lipinski definition) is 3. The van der Waals surface area contributed by atoms with Crippen molar-refractivity contribution in [2.45, 2.75) is 31.1 Å². The second-order valence-corrected chi connectivity index (χ2v) is 7.30. The fourth-order valence-electron chi connectivity index (χ4n) is 2.41. The molecule has 0 saturated heterocycles. The van der Waals surface area contributed by atoms with E-state index < -0.39 is 5.91 Å². The zero-order valence-electron chi connectivity index (χ0n) is 14.9. The molecule has 26 heavy (non-hydrogen) atoms. The van der Waals surface area contributed by atoms with Gasteiger partial charge in [0.15, 0.2) is 0 Å². The first-order valence-corrected chi connectivity index (χ1v) is 9.42. The van der Waals surface area contributed by atoms with Crippen molar-refractivity contribution >= 4 is 29.3 Å². The fraction of sp³-hybridized carbons (Fsp3) is 0.300. The SMILES string of the molecule is CC(C)c1ccc(SCC(=O)N(CCC(N)=O)c2ccc(F)cc2)cc1. The van der Waals surface area contributed by atoms with Crippen LogP contribution in [0.25, 0.3) is 0 Å². The lowest BCUT2D eigenvalue weighted by atomic mass is 10.0. The highest BCUT2D eigenvalue weighted by Crippen LogP contribution is 2.23. The molecule has 2 N–H and O–H groups in total. The summed E-state index contributed by atoms with van der Waals surface area (Å²) in [5.74, 6) is -0.344. The van der Waals surface area contributed by atoms with Gasteiger partial charge < -0.3 is 10.6 Å². The van der Waals surface area contributed by atoms with E-state index in [1.807, 2.05) is 12.1 Å². The Balaban J connectivity index is 2.05. The van der Waals surface area contributed by atoms with Gasteiger partial charge in [0, 0.05) is 23.5 Å². The molecule has 0 aliphatic heterocycles. The van der Waals surface area contributed by atoms with Gasteiger partial charge in [-0.1, -0.05) is 26.0 Å². The average molecular weight is 374 g/mol. The minimum absolute atomic E-state index is 0.0524. The first-order chi connectivity index (χ1) is 12.4. The van der Waals surface area contributed by atoms with Gasteiger partial charge in [0.05, 0.1) is 5.75 Å². The third-order valence-corrected chi connectivity index (χ3v) is 4.93. The smallest absolute Gasteiger partial charge is 0.237 e. The molecule has 0 saturated carbocycles. The fourth-order valence-corrected chi connectivity index (χ4v) is 3.19. The average Bonchev–Trinajstić information content (AvgIpc) is 2.61. The van der Waals surface area contributed by atoms with Crippen LogP contribution in [0.1, 0.15) is 31.7 Å². The van der Waals surface area contributed by atoms with Gasteiger partial charge in [-0.3, -0.25) is 9.59 Å². The van der Waals surface area contributed by atoms with Gasteiger partial charge in [0.2, 0.25) is 11.8 Å². The number of nitrogens with zero attached hydrogens (tertiary/aromatic N) is 1. The monoisotopic (exact) mass is 374 g/mol. The molecule has 0 aromatic heterocycles. The van der Waals surface area contributed by atoms with E-state index in [1.54, 1.807) is 0 Å². The number of nitrogens with two attached hydrogens (primary N) is 1. The van der Waals surface area contributed by atoms with E-state index in [4.69, 9.17) is 5.73 Å². The van der Waals surface area contributed by atoms with Crippen molar-refractivity contribution < 1.29 is 14.0 Å². The molecule has 0 atom stereocenters. The Bertz CT molecular complexity index is 745. The summed E-state index contributed by atoms with van der Waals surface area (Å²) < 4.78 is 13.1. The number of carbonyl (C=O) groups excluding carboxylic acids is 2. The zero-order valence-corrected chi connectivity index (χ0v) is 15.8. The highest BCUT2D eigenvalue weighted by molar-refractivity contribution is 8.00. The summed E-state index contributed by atoms with van der Waals surface area (Å²) in [6.45, 7) is 4.43. The first kappa shape index (κ1) is 20.0. The largest absolute Gasteiger partial charge is 0.370 e. The second-order valence-electron chi connectivity index (χ2n) is 6.25. The number of amides is 2. The normalized spacial score (nSPS) is 10.8. The van der Waals surface area contributed by atoms with Gasteiger partial charge in [0.1, 0.15) is 5.82 Å². The molecule has 2 aromatic carbocycles. The van der Waals surface area contributed by atoms with E-state index in [0.29, 0.717) is 11.6 Å².